The van der Waals surface area contributed by atoms with E-state index in [0.717, 1.165) is 102 Å². The van der Waals surface area contributed by atoms with Crippen LogP contribution in [-0.4, -0.2) is 54.3 Å². The molecule has 0 heterocycles. The van der Waals surface area contributed by atoms with Crippen LogP contribution in [0.1, 0.15) is 192 Å². The molecule has 0 spiro atoms. The summed E-state index contributed by atoms with van der Waals surface area (Å²) in [6.45, 7) is 9.90. The number of carbonyl (C=O) groups excluding carboxylic acids is 2. The fraction of sp³-hybridized carbons (Fsp3) is 0.814. The Hall–Kier alpha value is -1.92. The van der Waals surface area contributed by atoms with Crippen LogP contribution < -0.4 is 0 Å². The third kappa shape index (κ3) is 27.5. The first-order valence-corrected chi connectivity index (χ1v) is 20.8. The van der Waals surface area contributed by atoms with Crippen LogP contribution in [0.5, 0.6) is 0 Å². The first-order chi connectivity index (χ1) is 24.0. The van der Waals surface area contributed by atoms with Gasteiger partial charge in [-0.15, -0.1) is 0 Å². The molecule has 0 amide bonds. The number of hydrogen-bond donors (Lipinski definition) is 1. The lowest BCUT2D eigenvalue weighted by atomic mass is 10.0. The highest BCUT2D eigenvalue weighted by Gasteiger charge is 2.14. The van der Waals surface area contributed by atoms with Crippen LogP contribution in [0.15, 0.2) is 24.3 Å². The van der Waals surface area contributed by atoms with E-state index in [1.165, 1.54) is 82.6 Å². The summed E-state index contributed by atoms with van der Waals surface area (Å²) in [4.78, 5) is 27.2. The Morgan fingerprint density at radius 1 is 0.571 bits per heavy atom. The van der Waals surface area contributed by atoms with Crippen molar-refractivity contribution in [2.75, 3.05) is 26.2 Å². The number of ether oxygens (including phenoxy) is 2. The van der Waals surface area contributed by atoms with E-state index in [2.05, 4.69) is 37.8 Å². The molecular formula is C43H77NO5. The molecule has 6 nitrogen and oxygen atoms in total. The number of rotatable bonds is 35. The fourth-order valence-corrected chi connectivity index (χ4v) is 6.49. The quantitative estimate of drug-likeness (QED) is 0.0565. The van der Waals surface area contributed by atoms with Gasteiger partial charge in [0, 0.05) is 19.4 Å². The van der Waals surface area contributed by atoms with Crippen LogP contribution in [0.2, 0.25) is 0 Å². The molecule has 0 aromatic heterocycles. The second kappa shape index (κ2) is 33.2. The normalized spacial score (nSPS) is 11.5. The van der Waals surface area contributed by atoms with E-state index < -0.39 is 0 Å². The maximum absolute atomic E-state index is 12.7. The van der Waals surface area contributed by atoms with Crippen molar-refractivity contribution in [3.05, 3.63) is 35.4 Å². The Kier molecular flexibility index (Phi) is 30.6. The third-order valence-corrected chi connectivity index (χ3v) is 9.77. The second-order valence-electron chi connectivity index (χ2n) is 14.3. The Morgan fingerprint density at radius 2 is 1.02 bits per heavy atom. The lowest BCUT2D eigenvalue weighted by molar-refractivity contribution is -0.150. The summed E-state index contributed by atoms with van der Waals surface area (Å²) < 4.78 is 11.4. The van der Waals surface area contributed by atoms with Gasteiger partial charge in [-0.25, -0.2) is 0 Å². The highest BCUT2D eigenvalue weighted by molar-refractivity contribution is 5.69. The van der Waals surface area contributed by atoms with Crippen molar-refractivity contribution in [2.45, 2.75) is 200 Å². The molecule has 0 aliphatic heterocycles. The molecule has 0 fully saturated rings. The topological polar surface area (TPSA) is 76.1 Å². The maximum atomic E-state index is 12.7. The Morgan fingerprint density at radius 3 is 1.53 bits per heavy atom. The van der Waals surface area contributed by atoms with Gasteiger partial charge in [0.05, 0.1) is 6.61 Å². The number of aliphatic hydroxyl groups excluding tert-OH is 1. The fourth-order valence-electron chi connectivity index (χ4n) is 6.49. The predicted molar refractivity (Wildman–Crippen MR) is 206 cm³/mol. The van der Waals surface area contributed by atoms with E-state index in [4.69, 9.17) is 9.47 Å². The molecule has 0 unspecified atom stereocenters. The van der Waals surface area contributed by atoms with Crippen LogP contribution in [0.4, 0.5) is 0 Å². The van der Waals surface area contributed by atoms with Gasteiger partial charge in [-0.05, 0) is 82.0 Å². The number of aliphatic hydroxyl groups is 1. The molecule has 0 radical (unpaired) electrons. The second-order valence-corrected chi connectivity index (χ2v) is 14.3. The number of esters is 2. The molecule has 0 bridgehead atoms. The highest BCUT2D eigenvalue weighted by Crippen LogP contribution is 2.18. The average molecular weight is 688 g/mol. The van der Waals surface area contributed by atoms with Gasteiger partial charge < -0.3 is 19.5 Å². The van der Waals surface area contributed by atoms with Crippen molar-refractivity contribution in [1.29, 1.82) is 0 Å². The predicted octanol–water partition coefficient (Wildman–Crippen LogP) is 11.3. The first kappa shape index (κ1) is 45.1. The minimum atomic E-state index is -0.116. The molecular weight excluding hydrogens is 610 g/mol. The van der Waals surface area contributed by atoms with Gasteiger partial charge in [-0.2, -0.15) is 0 Å². The summed E-state index contributed by atoms with van der Waals surface area (Å²) in [5, 5.41) is 9.53. The van der Waals surface area contributed by atoms with E-state index in [0.29, 0.717) is 19.4 Å². The van der Waals surface area contributed by atoms with Gasteiger partial charge in [0.1, 0.15) is 12.7 Å². The van der Waals surface area contributed by atoms with Crippen molar-refractivity contribution in [1.82, 2.24) is 4.90 Å². The molecule has 284 valence electrons. The van der Waals surface area contributed by atoms with Crippen molar-refractivity contribution < 1.29 is 24.2 Å². The van der Waals surface area contributed by atoms with E-state index >= 15 is 0 Å². The standard InChI is InChI=1S/C43H77NO5/c1-4-7-9-11-14-20-26-41(27-21-15-12-10-8-5-2)49-43(47)29-23-16-13-18-24-34-44(36-37-45)35-25-19-17-22-28-42(46)48-38-40-32-30-39(6-3)31-33-40/h30-33,41,45H,4-29,34-38H2,1-3H3. The molecule has 1 aromatic carbocycles. The zero-order valence-electron chi connectivity index (χ0n) is 32.3. The number of aryl methyl sites for hydroxylation is 1. The van der Waals surface area contributed by atoms with Gasteiger partial charge in [0.15, 0.2) is 0 Å². The zero-order valence-corrected chi connectivity index (χ0v) is 32.3. The molecule has 0 saturated heterocycles. The smallest absolute Gasteiger partial charge is 0.306 e. The number of benzene rings is 1. The largest absolute Gasteiger partial charge is 0.462 e. The molecule has 1 aromatic rings. The molecule has 49 heavy (non-hydrogen) atoms. The van der Waals surface area contributed by atoms with Gasteiger partial charge in [-0.1, -0.05) is 141 Å². The number of hydrogen-bond acceptors (Lipinski definition) is 6. The van der Waals surface area contributed by atoms with Crippen molar-refractivity contribution in [2.24, 2.45) is 0 Å². The summed E-state index contributed by atoms with van der Waals surface area (Å²) in [6, 6.07) is 8.25. The number of unbranched alkanes of at least 4 members (excludes halogenated alkanes) is 17. The lowest BCUT2D eigenvalue weighted by Crippen LogP contribution is -2.29. The summed E-state index contributed by atoms with van der Waals surface area (Å²) in [7, 11) is 0. The summed E-state index contributed by atoms with van der Waals surface area (Å²) in [5.74, 6) is -0.111. The molecule has 1 rings (SSSR count). The zero-order chi connectivity index (χ0) is 35.6. The molecule has 1 N–H and O–H groups in total. The minimum absolute atomic E-state index is 0.00521. The van der Waals surface area contributed by atoms with Crippen molar-refractivity contribution in [3.63, 3.8) is 0 Å². The van der Waals surface area contributed by atoms with Crippen LogP contribution in [0.3, 0.4) is 0 Å². The molecule has 0 aliphatic rings. The molecule has 0 aliphatic carbocycles. The summed E-state index contributed by atoms with van der Waals surface area (Å²) in [5.41, 5.74) is 2.33. The SMILES string of the molecule is CCCCCCCCC(CCCCCCCC)OC(=O)CCCCCCCN(CCO)CCCCCCC(=O)OCc1ccc(CC)cc1. The number of carbonyl (C=O) groups is 2. The third-order valence-electron chi connectivity index (χ3n) is 9.77. The maximum Gasteiger partial charge on any atom is 0.306 e. The van der Waals surface area contributed by atoms with Gasteiger partial charge in [-0.3, -0.25) is 9.59 Å². The van der Waals surface area contributed by atoms with Gasteiger partial charge >= 0.3 is 11.9 Å². The van der Waals surface area contributed by atoms with Crippen LogP contribution in [-0.2, 0) is 32.1 Å². The molecule has 6 heteroatoms. The van der Waals surface area contributed by atoms with E-state index in [9.17, 15) is 14.7 Å². The Labute approximate surface area is 302 Å². The van der Waals surface area contributed by atoms with Gasteiger partial charge in [0.2, 0.25) is 0 Å². The van der Waals surface area contributed by atoms with Crippen LogP contribution in [0.25, 0.3) is 0 Å². The molecule has 0 saturated carbocycles. The van der Waals surface area contributed by atoms with E-state index in [1.807, 2.05) is 12.1 Å². The van der Waals surface area contributed by atoms with Gasteiger partial charge in [0.25, 0.3) is 0 Å². The summed E-state index contributed by atoms with van der Waals surface area (Å²) >= 11 is 0. The summed E-state index contributed by atoms with van der Waals surface area (Å²) in [6.07, 6.45) is 29.0. The monoisotopic (exact) mass is 688 g/mol. The number of nitrogens with zero attached hydrogens (tertiary/aromatic N) is 1. The molecule has 0 atom stereocenters. The van der Waals surface area contributed by atoms with Crippen LogP contribution in [0, 0.1) is 0 Å². The van der Waals surface area contributed by atoms with Crippen LogP contribution >= 0.6 is 0 Å². The van der Waals surface area contributed by atoms with E-state index in [1.54, 1.807) is 0 Å². The van der Waals surface area contributed by atoms with Crippen molar-refractivity contribution in [3.8, 4) is 0 Å². The van der Waals surface area contributed by atoms with E-state index in [-0.39, 0.29) is 24.6 Å². The lowest BCUT2D eigenvalue weighted by Gasteiger charge is -2.21. The first-order valence-electron chi connectivity index (χ1n) is 20.8. The Bertz CT molecular complexity index is 873. The van der Waals surface area contributed by atoms with Crippen molar-refractivity contribution >= 4 is 11.9 Å². The average Bonchev–Trinajstić information content (AvgIpc) is 3.11. The Balaban J connectivity index is 2.13. The minimum Gasteiger partial charge on any atom is -0.462 e. The highest BCUT2D eigenvalue weighted by atomic mass is 16.5.